The minimum absolute atomic E-state index is 0.113. The molecule has 5 nitrogen and oxygen atoms in total. The van der Waals surface area contributed by atoms with Crippen LogP contribution in [0.4, 0.5) is 4.79 Å². The molecule has 0 bridgehead atoms. The Morgan fingerprint density at radius 3 is 2.64 bits per heavy atom. The maximum Gasteiger partial charge on any atom is 0.315 e. The van der Waals surface area contributed by atoms with Crippen molar-refractivity contribution >= 4 is 16.9 Å². The lowest BCUT2D eigenvalue weighted by atomic mass is 10.1. The summed E-state index contributed by atoms with van der Waals surface area (Å²) in [7, 11) is 0. The third-order valence-corrected chi connectivity index (χ3v) is 4.04. The van der Waals surface area contributed by atoms with E-state index in [1.54, 1.807) is 6.20 Å². The minimum atomic E-state index is -0.326. The zero-order valence-electron chi connectivity index (χ0n) is 13.9. The molecule has 3 N–H and O–H groups in total. The molecule has 128 valence electrons. The first-order valence-electron chi connectivity index (χ1n) is 8.28. The lowest BCUT2D eigenvalue weighted by Crippen LogP contribution is -2.44. The summed E-state index contributed by atoms with van der Waals surface area (Å²) in [6.45, 7) is 0.266. The predicted octanol–water partition coefficient (Wildman–Crippen LogP) is 2.64. The van der Waals surface area contributed by atoms with Gasteiger partial charge in [-0.05, 0) is 23.6 Å². The highest BCUT2D eigenvalue weighted by Gasteiger charge is 2.12. The number of nitrogens with one attached hydrogen (secondary N) is 2. The lowest BCUT2D eigenvalue weighted by Gasteiger charge is -2.17. The van der Waals surface area contributed by atoms with E-state index in [0.717, 1.165) is 22.0 Å². The quantitative estimate of drug-likeness (QED) is 0.648. The van der Waals surface area contributed by atoms with Crippen molar-refractivity contribution in [3.63, 3.8) is 0 Å². The van der Waals surface area contributed by atoms with E-state index >= 15 is 0 Å². The number of nitrogens with zero attached hydrogens (tertiary/aromatic N) is 1. The van der Waals surface area contributed by atoms with Crippen molar-refractivity contribution in [2.24, 2.45) is 0 Å². The van der Waals surface area contributed by atoms with Gasteiger partial charge in [0.2, 0.25) is 0 Å². The Morgan fingerprint density at radius 1 is 1.04 bits per heavy atom. The Bertz CT molecular complexity index is 831. The van der Waals surface area contributed by atoms with E-state index in [0.29, 0.717) is 13.0 Å². The number of aliphatic hydroxyl groups excluding tert-OH is 1. The summed E-state index contributed by atoms with van der Waals surface area (Å²) in [4.78, 5) is 16.5. The first-order chi connectivity index (χ1) is 12.3. The molecule has 0 aliphatic rings. The molecule has 3 aromatic rings. The summed E-state index contributed by atoms with van der Waals surface area (Å²) >= 11 is 0. The summed E-state index contributed by atoms with van der Waals surface area (Å²) in [5.41, 5.74) is 2.91. The summed E-state index contributed by atoms with van der Waals surface area (Å²) in [6.07, 6.45) is 2.33. The van der Waals surface area contributed by atoms with Crippen LogP contribution in [-0.4, -0.2) is 28.8 Å². The van der Waals surface area contributed by atoms with Gasteiger partial charge in [-0.3, -0.25) is 4.98 Å². The van der Waals surface area contributed by atoms with Gasteiger partial charge in [-0.1, -0.05) is 54.6 Å². The molecule has 2 aromatic carbocycles. The molecule has 0 aliphatic carbocycles. The second-order valence-corrected chi connectivity index (χ2v) is 5.89. The molecule has 0 unspecified atom stereocenters. The van der Waals surface area contributed by atoms with Gasteiger partial charge in [0.15, 0.2) is 0 Å². The Kier molecular flexibility index (Phi) is 5.59. The number of urea groups is 1. The van der Waals surface area contributed by atoms with Crippen LogP contribution in [0.5, 0.6) is 0 Å². The Hall–Kier alpha value is -2.92. The third kappa shape index (κ3) is 4.55. The maximum absolute atomic E-state index is 12.2. The number of carbonyl (C=O) groups is 1. The Balaban J connectivity index is 1.58. The number of amides is 2. The van der Waals surface area contributed by atoms with Crippen molar-refractivity contribution in [3.05, 3.63) is 78.0 Å². The highest BCUT2D eigenvalue weighted by molar-refractivity contribution is 5.82. The largest absolute Gasteiger partial charge is 0.394 e. The number of carbonyl (C=O) groups excluding carboxylic acids is 1. The van der Waals surface area contributed by atoms with E-state index in [4.69, 9.17) is 0 Å². The summed E-state index contributed by atoms with van der Waals surface area (Å²) in [5, 5.41) is 16.2. The van der Waals surface area contributed by atoms with E-state index in [-0.39, 0.29) is 18.7 Å². The van der Waals surface area contributed by atoms with Crippen molar-refractivity contribution < 1.29 is 9.90 Å². The van der Waals surface area contributed by atoms with E-state index in [2.05, 4.69) is 15.6 Å². The second kappa shape index (κ2) is 8.26. The van der Waals surface area contributed by atoms with Crippen LogP contribution in [0, 0.1) is 0 Å². The van der Waals surface area contributed by atoms with Crippen LogP contribution in [0.1, 0.15) is 11.1 Å². The lowest BCUT2D eigenvalue weighted by molar-refractivity contribution is 0.215. The normalized spacial score (nSPS) is 11.9. The molecule has 1 heterocycles. The van der Waals surface area contributed by atoms with Crippen LogP contribution in [0.2, 0.25) is 0 Å². The van der Waals surface area contributed by atoms with E-state index in [1.807, 2.05) is 60.7 Å². The molecular weight excluding hydrogens is 314 g/mol. The summed E-state index contributed by atoms with van der Waals surface area (Å²) in [5.74, 6) is 0. The number of hydrogen-bond acceptors (Lipinski definition) is 3. The van der Waals surface area contributed by atoms with Gasteiger partial charge < -0.3 is 15.7 Å². The van der Waals surface area contributed by atoms with Crippen LogP contribution in [0.3, 0.4) is 0 Å². The van der Waals surface area contributed by atoms with Crippen molar-refractivity contribution in [3.8, 4) is 0 Å². The molecular formula is C20H21N3O2. The molecule has 0 spiro atoms. The molecule has 5 heteroatoms. The highest BCUT2D eigenvalue weighted by atomic mass is 16.3. The molecule has 3 rings (SSSR count). The van der Waals surface area contributed by atoms with Gasteiger partial charge >= 0.3 is 6.03 Å². The molecule has 0 saturated carbocycles. The predicted molar refractivity (Wildman–Crippen MR) is 98.1 cm³/mol. The van der Waals surface area contributed by atoms with E-state index in [9.17, 15) is 9.90 Å². The standard InChI is InChI=1S/C20H21N3O2/c24-14-18(12-15-6-2-1-3-7-15)23-20(25)22-13-17-9-4-8-16-10-5-11-21-19(16)17/h1-11,18,24H,12-14H2,(H2,22,23,25)/t18-/m0/s1. The van der Waals surface area contributed by atoms with E-state index < -0.39 is 0 Å². The topological polar surface area (TPSA) is 74.2 Å². The molecule has 25 heavy (non-hydrogen) atoms. The molecule has 1 aromatic heterocycles. The smallest absolute Gasteiger partial charge is 0.315 e. The van der Waals surface area contributed by atoms with Gasteiger partial charge in [-0.25, -0.2) is 4.79 Å². The minimum Gasteiger partial charge on any atom is -0.394 e. The number of pyridine rings is 1. The van der Waals surface area contributed by atoms with Crippen LogP contribution < -0.4 is 10.6 Å². The first-order valence-corrected chi connectivity index (χ1v) is 8.28. The average molecular weight is 335 g/mol. The Labute approximate surface area is 146 Å². The zero-order chi connectivity index (χ0) is 17.5. The number of aliphatic hydroxyl groups is 1. The van der Waals surface area contributed by atoms with Gasteiger partial charge in [0.05, 0.1) is 18.2 Å². The molecule has 0 saturated heterocycles. The van der Waals surface area contributed by atoms with Crippen molar-refractivity contribution in [2.75, 3.05) is 6.61 Å². The fourth-order valence-corrected chi connectivity index (χ4v) is 2.78. The SMILES string of the molecule is O=C(NCc1cccc2cccnc12)N[C@H](CO)Cc1ccccc1. The molecule has 0 fully saturated rings. The van der Waals surface area contributed by atoms with Gasteiger partial charge in [0, 0.05) is 18.1 Å². The first kappa shape index (κ1) is 16.9. The van der Waals surface area contributed by atoms with Crippen molar-refractivity contribution in [1.82, 2.24) is 15.6 Å². The number of para-hydroxylation sites is 1. The van der Waals surface area contributed by atoms with Crippen molar-refractivity contribution in [2.45, 2.75) is 19.0 Å². The highest BCUT2D eigenvalue weighted by Crippen LogP contribution is 2.15. The third-order valence-electron chi connectivity index (χ3n) is 4.04. The fourth-order valence-electron chi connectivity index (χ4n) is 2.78. The van der Waals surface area contributed by atoms with Gasteiger partial charge in [-0.15, -0.1) is 0 Å². The van der Waals surface area contributed by atoms with Crippen LogP contribution in [0.25, 0.3) is 10.9 Å². The zero-order valence-corrected chi connectivity index (χ0v) is 13.9. The molecule has 2 amide bonds. The van der Waals surface area contributed by atoms with E-state index in [1.165, 1.54) is 0 Å². The summed E-state index contributed by atoms with van der Waals surface area (Å²) < 4.78 is 0. The van der Waals surface area contributed by atoms with Gasteiger partial charge in [0.25, 0.3) is 0 Å². The number of hydrogen-bond donors (Lipinski definition) is 3. The summed E-state index contributed by atoms with van der Waals surface area (Å²) in [6, 6.07) is 18.9. The van der Waals surface area contributed by atoms with Crippen LogP contribution >= 0.6 is 0 Å². The number of rotatable bonds is 6. The fraction of sp³-hybridized carbons (Fsp3) is 0.200. The van der Waals surface area contributed by atoms with Crippen LogP contribution in [-0.2, 0) is 13.0 Å². The number of aromatic nitrogens is 1. The van der Waals surface area contributed by atoms with Crippen molar-refractivity contribution in [1.29, 1.82) is 0 Å². The average Bonchev–Trinajstić information content (AvgIpc) is 2.66. The molecule has 0 radical (unpaired) electrons. The maximum atomic E-state index is 12.2. The van der Waals surface area contributed by atoms with Crippen LogP contribution in [0.15, 0.2) is 66.9 Å². The molecule has 1 atom stereocenters. The number of fused-ring (bicyclic) bond motifs is 1. The molecule has 0 aliphatic heterocycles. The Morgan fingerprint density at radius 2 is 1.84 bits per heavy atom. The second-order valence-electron chi connectivity index (χ2n) is 5.89. The van der Waals surface area contributed by atoms with Gasteiger partial charge in [0.1, 0.15) is 0 Å². The monoisotopic (exact) mass is 335 g/mol. The number of benzene rings is 2. The van der Waals surface area contributed by atoms with Gasteiger partial charge in [-0.2, -0.15) is 0 Å².